The molecular formula is C26H33FN4O4. The van der Waals surface area contributed by atoms with Crippen molar-refractivity contribution < 1.29 is 13.9 Å². The molecule has 3 aromatic rings. The number of hydrogen-bond acceptors (Lipinski definition) is 5. The van der Waals surface area contributed by atoms with Crippen LogP contribution in [0.25, 0.3) is 11.2 Å². The molecule has 0 N–H and O–H groups in total. The molecule has 0 bridgehead atoms. The number of fused-ring (bicyclic) bond motifs is 1. The Hall–Kier alpha value is -3.23. The molecule has 2 heterocycles. The number of rotatable bonds is 7. The second-order valence-electron chi connectivity index (χ2n) is 10.4. The van der Waals surface area contributed by atoms with Crippen LogP contribution in [0.1, 0.15) is 70.7 Å². The fourth-order valence-corrected chi connectivity index (χ4v) is 4.59. The van der Waals surface area contributed by atoms with Crippen molar-refractivity contribution in [3.8, 4) is 0 Å². The van der Waals surface area contributed by atoms with Gasteiger partial charge in [0.15, 0.2) is 17.9 Å². The van der Waals surface area contributed by atoms with Crippen LogP contribution in [0.4, 0.5) is 4.39 Å². The lowest BCUT2D eigenvalue weighted by Gasteiger charge is -2.19. The molecule has 0 amide bonds. The van der Waals surface area contributed by atoms with E-state index in [1.807, 2.05) is 30.3 Å². The van der Waals surface area contributed by atoms with Gasteiger partial charge in [-0.2, -0.15) is 0 Å². The highest BCUT2D eigenvalue weighted by Crippen LogP contribution is 2.35. The number of benzene rings is 1. The third-order valence-corrected chi connectivity index (χ3v) is 6.42. The normalized spacial score (nSPS) is 15.6. The fourth-order valence-electron chi connectivity index (χ4n) is 4.59. The van der Waals surface area contributed by atoms with E-state index >= 15 is 0 Å². The molecule has 8 nitrogen and oxygen atoms in total. The molecule has 1 atom stereocenters. The van der Waals surface area contributed by atoms with Crippen LogP contribution in [0.15, 0.2) is 39.9 Å². The van der Waals surface area contributed by atoms with E-state index < -0.39 is 28.8 Å². The zero-order valence-electron chi connectivity index (χ0n) is 20.8. The summed E-state index contributed by atoms with van der Waals surface area (Å²) in [5.41, 5.74) is -0.702. The van der Waals surface area contributed by atoms with Gasteiger partial charge in [0, 0.05) is 5.92 Å². The smallest absolute Gasteiger partial charge is 0.333 e. The average molecular weight is 485 g/mol. The largest absolute Gasteiger partial charge is 0.443 e. The molecule has 9 heteroatoms. The first-order valence-electron chi connectivity index (χ1n) is 12.2. The number of alkyl halides is 1. The van der Waals surface area contributed by atoms with Gasteiger partial charge in [0.1, 0.15) is 12.0 Å². The van der Waals surface area contributed by atoms with E-state index in [1.54, 1.807) is 25.3 Å². The van der Waals surface area contributed by atoms with Crippen molar-refractivity contribution in [2.24, 2.45) is 5.41 Å². The lowest BCUT2D eigenvalue weighted by Crippen LogP contribution is -2.42. The Morgan fingerprint density at radius 3 is 2.37 bits per heavy atom. The van der Waals surface area contributed by atoms with Crippen molar-refractivity contribution in [3.63, 3.8) is 0 Å². The minimum atomic E-state index is -1.40. The van der Waals surface area contributed by atoms with Crippen molar-refractivity contribution >= 4 is 17.1 Å². The van der Waals surface area contributed by atoms with Crippen molar-refractivity contribution in [1.29, 1.82) is 0 Å². The number of ether oxygens (including phenoxy) is 1. The van der Waals surface area contributed by atoms with E-state index in [4.69, 9.17) is 9.72 Å². The van der Waals surface area contributed by atoms with E-state index in [1.165, 1.54) is 11.5 Å². The molecule has 1 saturated carbocycles. The molecule has 0 radical (unpaired) electrons. The first kappa shape index (κ1) is 24.9. The highest BCUT2D eigenvalue weighted by atomic mass is 19.1. The molecule has 188 valence electrons. The second kappa shape index (κ2) is 9.79. The van der Waals surface area contributed by atoms with Gasteiger partial charge in [0.05, 0.1) is 18.5 Å². The lowest BCUT2D eigenvalue weighted by molar-refractivity contribution is -0.156. The Morgan fingerprint density at radius 1 is 1.11 bits per heavy atom. The maximum absolute atomic E-state index is 14.0. The summed E-state index contributed by atoms with van der Waals surface area (Å²) in [7, 11) is 0. The molecule has 1 fully saturated rings. The van der Waals surface area contributed by atoms with Crippen molar-refractivity contribution in [1.82, 2.24) is 18.7 Å². The zero-order valence-corrected chi connectivity index (χ0v) is 20.8. The second-order valence-corrected chi connectivity index (χ2v) is 10.4. The minimum absolute atomic E-state index is 0.0870. The minimum Gasteiger partial charge on any atom is -0.443 e. The van der Waals surface area contributed by atoms with Crippen LogP contribution in [0.5, 0.6) is 0 Å². The number of halogens is 1. The SMILES string of the molecule is CC(F)Cn1c(=O)c2c(nc(C3CCCC3)n2COC(=O)C(C)(C)C)n(Cc2ccccc2)c1=O. The maximum atomic E-state index is 14.0. The predicted molar refractivity (Wildman–Crippen MR) is 131 cm³/mol. The van der Waals surface area contributed by atoms with Gasteiger partial charge in [-0.15, -0.1) is 0 Å². The summed E-state index contributed by atoms with van der Waals surface area (Å²) in [5, 5.41) is 0. The zero-order chi connectivity index (χ0) is 25.3. The van der Waals surface area contributed by atoms with Gasteiger partial charge in [0.2, 0.25) is 0 Å². The van der Waals surface area contributed by atoms with Gasteiger partial charge in [-0.25, -0.2) is 14.2 Å². The van der Waals surface area contributed by atoms with Gasteiger partial charge in [-0.05, 0) is 46.1 Å². The van der Waals surface area contributed by atoms with Gasteiger partial charge < -0.3 is 4.74 Å². The lowest BCUT2D eigenvalue weighted by atomic mass is 9.98. The highest BCUT2D eigenvalue weighted by Gasteiger charge is 2.30. The van der Waals surface area contributed by atoms with E-state index in [0.717, 1.165) is 35.8 Å². The Labute approximate surface area is 203 Å². The number of carbonyl (C=O) groups is 1. The van der Waals surface area contributed by atoms with Gasteiger partial charge >= 0.3 is 11.7 Å². The summed E-state index contributed by atoms with van der Waals surface area (Å²) in [4.78, 5) is 44.3. The van der Waals surface area contributed by atoms with Gasteiger partial charge in [-0.1, -0.05) is 43.2 Å². The molecule has 1 aromatic carbocycles. The summed E-state index contributed by atoms with van der Waals surface area (Å²) in [6.45, 7) is 6.20. The van der Waals surface area contributed by atoms with Crippen LogP contribution in [-0.4, -0.2) is 30.8 Å². The van der Waals surface area contributed by atoms with E-state index in [2.05, 4.69) is 0 Å². The molecule has 4 rings (SSSR count). The number of nitrogens with zero attached hydrogens (tertiary/aromatic N) is 4. The van der Waals surface area contributed by atoms with Gasteiger partial charge in [-0.3, -0.25) is 23.3 Å². The van der Waals surface area contributed by atoms with Crippen LogP contribution in [0, 0.1) is 5.41 Å². The average Bonchev–Trinajstić information content (AvgIpc) is 3.46. The van der Waals surface area contributed by atoms with E-state index in [9.17, 15) is 18.8 Å². The Balaban J connectivity index is 1.95. The van der Waals surface area contributed by atoms with Crippen LogP contribution < -0.4 is 11.2 Å². The first-order valence-corrected chi connectivity index (χ1v) is 12.2. The molecule has 0 spiro atoms. The van der Waals surface area contributed by atoms with Crippen LogP contribution in [0.2, 0.25) is 0 Å². The monoisotopic (exact) mass is 484 g/mol. The van der Waals surface area contributed by atoms with Crippen LogP contribution in [-0.2, 0) is 29.4 Å². The molecule has 35 heavy (non-hydrogen) atoms. The summed E-state index contributed by atoms with van der Waals surface area (Å²) < 4.78 is 23.6. The summed E-state index contributed by atoms with van der Waals surface area (Å²) in [6.07, 6.45) is 2.48. The molecule has 2 aromatic heterocycles. The fraction of sp³-hybridized carbons (Fsp3) is 0.538. The van der Waals surface area contributed by atoms with E-state index in [0.29, 0.717) is 5.82 Å². The number of carbonyl (C=O) groups excluding carboxylic acids is 1. The molecular weight excluding hydrogens is 451 g/mol. The van der Waals surface area contributed by atoms with E-state index in [-0.39, 0.29) is 36.9 Å². The number of imidazole rings is 1. The molecule has 1 aliphatic rings. The quantitative estimate of drug-likeness (QED) is 0.474. The maximum Gasteiger partial charge on any atom is 0.333 e. The number of esters is 1. The Kier molecular flexibility index (Phi) is 6.96. The Bertz CT molecular complexity index is 1330. The third kappa shape index (κ3) is 5.09. The predicted octanol–water partition coefficient (Wildman–Crippen LogP) is 3.97. The summed E-state index contributed by atoms with van der Waals surface area (Å²) in [6, 6.07) is 9.37. The standard InChI is InChI=1S/C26H33FN4O4/c1-17(27)14-30-23(32)20-22(29(25(30)34)15-18-10-6-5-7-11-18)28-21(19-12-8-9-13-19)31(20)16-35-24(33)26(2,3)4/h5-7,10-11,17,19H,8-9,12-16H2,1-4H3. The number of aromatic nitrogens is 4. The topological polar surface area (TPSA) is 88.1 Å². The summed E-state index contributed by atoms with van der Waals surface area (Å²) >= 11 is 0. The first-order chi connectivity index (χ1) is 16.6. The Morgan fingerprint density at radius 2 is 1.77 bits per heavy atom. The van der Waals surface area contributed by atoms with Crippen molar-refractivity contribution in [3.05, 3.63) is 62.6 Å². The number of hydrogen-bond donors (Lipinski definition) is 0. The summed E-state index contributed by atoms with van der Waals surface area (Å²) in [5.74, 6) is 0.305. The van der Waals surface area contributed by atoms with Crippen molar-refractivity contribution in [2.75, 3.05) is 0 Å². The molecule has 1 aliphatic carbocycles. The van der Waals surface area contributed by atoms with Gasteiger partial charge in [0.25, 0.3) is 5.56 Å². The van der Waals surface area contributed by atoms with Crippen molar-refractivity contribution in [2.45, 2.75) is 85.3 Å². The molecule has 1 unspecified atom stereocenters. The van der Waals surface area contributed by atoms with Crippen LogP contribution >= 0.6 is 0 Å². The van der Waals surface area contributed by atoms with Crippen LogP contribution in [0.3, 0.4) is 0 Å². The molecule has 0 saturated heterocycles. The molecule has 0 aliphatic heterocycles. The highest BCUT2D eigenvalue weighted by molar-refractivity contribution is 5.75. The third-order valence-electron chi connectivity index (χ3n) is 6.42.